The van der Waals surface area contributed by atoms with Crippen LogP contribution in [0.5, 0.6) is 5.75 Å². The van der Waals surface area contributed by atoms with Gasteiger partial charge in [-0.1, -0.05) is 37.3 Å². The summed E-state index contributed by atoms with van der Waals surface area (Å²) in [5.41, 5.74) is 2.27. The highest BCUT2D eigenvalue weighted by Gasteiger charge is 2.30. The molecule has 1 amide bonds. The Morgan fingerprint density at radius 2 is 1.76 bits per heavy atom. The van der Waals surface area contributed by atoms with Gasteiger partial charge in [0, 0.05) is 12.2 Å². The van der Waals surface area contributed by atoms with Gasteiger partial charge in [-0.05, 0) is 35.9 Å². The van der Waals surface area contributed by atoms with Gasteiger partial charge in [0.15, 0.2) is 0 Å². The molecule has 0 atom stereocenters. The SMILES string of the molecule is CCNCc1ccccc1NC(=O)Cc1ccc(OC(F)(F)F)cc1. The van der Waals surface area contributed by atoms with Crippen molar-refractivity contribution in [3.8, 4) is 5.75 Å². The maximum absolute atomic E-state index is 12.2. The number of rotatable bonds is 7. The maximum Gasteiger partial charge on any atom is 0.573 e. The molecule has 0 saturated heterocycles. The molecule has 0 aliphatic heterocycles. The molecule has 0 aliphatic rings. The van der Waals surface area contributed by atoms with E-state index in [0.29, 0.717) is 17.8 Å². The van der Waals surface area contributed by atoms with Crippen LogP contribution in [-0.4, -0.2) is 18.8 Å². The molecule has 0 radical (unpaired) electrons. The summed E-state index contributed by atoms with van der Waals surface area (Å²) in [5.74, 6) is -0.555. The molecule has 0 fully saturated rings. The standard InChI is InChI=1S/C18H19F3N2O2/c1-2-22-12-14-5-3-4-6-16(14)23-17(24)11-13-7-9-15(10-8-13)25-18(19,20)21/h3-10,22H,2,11-12H2,1H3,(H,23,24). The molecule has 2 N–H and O–H groups in total. The summed E-state index contributed by atoms with van der Waals surface area (Å²) in [7, 11) is 0. The van der Waals surface area contributed by atoms with Crippen LogP contribution < -0.4 is 15.4 Å². The van der Waals surface area contributed by atoms with Gasteiger partial charge < -0.3 is 15.4 Å². The van der Waals surface area contributed by atoms with Crippen LogP contribution in [0.4, 0.5) is 18.9 Å². The van der Waals surface area contributed by atoms with E-state index < -0.39 is 6.36 Å². The van der Waals surface area contributed by atoms with Crippen molar-refractivity contribution < 1.29 is 22.7 Å². The van der Waals surface area contributed by atoms with Crippen molar-refractivity contribution >= 4 is 11.6 Å². The lowest BCUT2D eigenvalue weighted by Gasteiger charge is -2.12. The molecule has 0 aliphatic carbocycles. The number of carbonyl (C=O) groups is 1. The molecular weight excluding hydrogens is 333 g/mol. The van der Waals surface area contributed by atoms with Crippen LogP contribution in [-0.2, 0) is 17.8 Å². The number of halogens is 3. The van der Waals surface area contributed by atoms with Gasteiger partial charge in [-0.3, -0.25) is 4.79 Å². The Balaban J connectivity index is 1.96. The average molecular weight is 352 g/mol. The van der Waals surface area contributed by atoms with Gasteiger partial charge in [0.2, 0.25) is 5.91 Å². The summed E-state index contributed by atoms with van der Waals surface area (Å²) in [5, 5.41) is 6.03. The molecule has 0 bridgehead atoms. The second-order valence-electron chi connectivity index (χ2n) is 5.35. The first kappa shape index (κ1) is 18.8. The fourth-order valence-corrected chi connectivity index (χ4v) is 2.24. The van der Waals surface area contributed by atoms with Crippen LogP contribution >= 0.6 is 0 Å². The maximum atomic E-state index is 12.2. The molecule has 2 aromatic rings. The molecule has 2 rings (SSSR count). The molecule has 0 heterocycles. The van der Waals surface area contributed by atoms with Crippen LogP contribution in [0.25, 0.3) is 0 Å². The number of hydrogen-bond acceptors (Lipinski definition) is 3. The summed E-state index contributed by atoms with van der Waals surface area (Å²) in [4.78, 5) is 12.2. The summed E-state index contributed by atoms with van der Waals surface area (Å²) in [6.07, 6.45) is -4.67. The minimum absolute atomic E-state index is 0.0574. The Kier molecular flexibility index (Phi) is 6.41. The van der Waals surface area contributed by atoms with Gasteiger partial charge >= 0.3 is 6.36 Å². The second-order valence-corrected chi connectivity index (χ2v) is 5.35. The molecule has 2 aromatic carbocycles. The van der Waals surface area contributed by atoms with E-state index in [1.807, 2.05) is 31.2 Å². The topological polar surface area (TPSA) is 50.4 Å². The zero-order valence-corrected chi connectivity index (χ0v) is 13.7. The molecule has 4 nitrogen and oxygen atoms in total. The first-order valence-corrected chi connectivity index (χ1v) is 7.80. The zero-order valence-electron chi connectivity index (χ0n) is 13.7. The molecule has 0 saturated carbocycles. The number of hydrogen-bond donors (Lipinski definition) is 2. The Hall–Kier alpha value is -2.54. The van der Waals surface area contributed by atoms with Gasteiger partial charge in [-0.15, -0.1) is 13.2 Å². The normalized spacial score (nSPS) is 11.2. The minimum atomic E-state index is -4.73. The first-order chi connectivity index (χ1) is 11.9. The van der Waals surface area contributed by atoms with Gasteiger partial charge in [-0.2, -0.15) is 0 Å². The van der Waals surface area contributed by atoms with E-state index in [4.69, 9.17) is 0 Å². The fourth-order valence-electron chi connectivity index (χ4n) is 2.24. The van der Waals surface area contributed by atoms with Crippen molar-refractivity contribution in [2.75, 3.05) is 11.9 Å². The molecule has 25 heavy (non-hydrogen) atoms. The summed E-state index contributed by atoms with van der Waals surface area (Å²) in [6, 6.07) is 12.7. The summed E-state index contributed by atoms with van der Waals surface area (Å²) in [6.45, 7) is 3.44. The minimum Gasteiger partial charge on any atom is -0.406 e. The molecule has 0 spiro atoms. The molecule has 7 heteroatoms. The van der Waals surface area contributed by atoms with Gasteiger partial charge in [0.1, 0.15) is 5.75 Å². The fraction of sp³-hybridized carbons (Fsp3) is 0.278. The number of benzene rings is 2. The van der Waals surface area contributed by atoms with E-state index in [1.54, 1.807) is 0 Å². The van der Waals surface area contributed by atoms with Crippen molar-refractivity contribution in [3.63, 3.8) is 0 Å². The number of carbonyl (C=O) groups excluding carboxylic acids is 1. The molecule has 134 valence electrons. The van der Waals surface area contributed by atoms with E-state index in [9.17, 15) is 18.0 Å². The quantitative estimate of drug-likeness (QED) is 0.795. The summed E-state index contributed by atoms with van der Waals surface area (Å²) >= 11 is 0. The third-order valence-electron chi connectivity index (χ3n) is 3.38. The molecular formula is C18H19F3N2O2. The third kappa shape index (κ3) is 6.46. The Morgan fingerprint density at radius 3 is 2.40 bits per heavy atom. The van der Waals surface area contributed by atoms with Crippen molar-refractivity contribution in [2.24, 2.45) is 0 Å². The first-order valence-electron chi connectivity index (χ1n) is 7.80. The highest BCUT2D eigenvalue weighted by molar-refractivity contribution is 5.93. The number of anilines is 1. The third-order valence-corrected chi connectivity index (χ3v) is 3.38. The van der Waals surface area contributed by atoms with Crippen LogP contribution in [0, 0.1) is 0 Å². The lowest BCUT2D eigenvalue weighted by molar-refractivity contribution is -0.274. The average Bonchev–Trinajstić information content (AvgIpc) is 2.54. The van der Waals surface area contributed by atoms with E-state index in [0.717, 1.165) is 12.1 Å². The number of para-hydroxylation sites is 1. The van der Waals surface area contributed by atoms with Crippen LogP contribution in [0.15, 0.2) is 48.5 Å². The lowest BCUT2D eigenvalue weighted by atomic mass is 10.1. The van der Waals surface area contributed by atoms with Crippen molar-refractivity contribution in [2.45, 2.75) is 26.3 Å². The largest absolute Gasteiger partial charge is 0.573 e. The molecule has 0 aromatic heterocycles. The Labute approximate surface area is 144 Å². The van der Waals surface area contributed by atoms with Gasteiger partial charge in [-0.25, -0.2) is 0 Å². The monoisotopic (exact) mass is 352 g/mol. The predicted molar refractivity (Wildman–Crippen MR) is 89.3 cm³/mol. The van der Waals surface area contributed by atoms with Gasteiger partial charge in [0.05, 0.1) is 6.42 Å². The number of ether oxygens (including phenoxy) is 1. The van der Waals surface area contributed by atoms with E-state index in [1.165, 1.54) is 24.3 Å². The number of amides is 1. The van der Waals surface area contributed by atoms with Crippen molar-refractivity contribution in [3.05, 3.63) is 59.7 Å². The van der Waals surface area contributed by atoms with E-state index in [-0.39, 0.29) is 18.1 Å². The van der Waals surface area contributed by atoms with E-state index in [2.05, 4.69) is 15.4 Å². The molecule has 0 unspecified atom stereocenters. The Bertz CT molecular complexity index is 700. The van der Waals surface area contributed by atoms with Crippen LogP contribution in [0.1, 0.15) is 18.1 Å². The number of nitrogens with one attached hydrogen (secondary N) is 2. The summed E-state index contributed by atoms with van der Waals surface area (Å²) < 4.78 is 40.2. The second kappa shape index (κ2) is 8.53. The zero-order chi connectivity index (χ0) is 18.3. The lowest BCUT2D eigenvalue weighted by Crippen LogP contribution is -2.18. The van der Waals surface area contributed by atoms with Gasteiger partial charge in [0.25, 0.3) is 0 Å². The highest BCUT2D eigenvalue weighted by Crippen LogP contribution is 2.23. The highest BCUT2D eigenvalue weighted by atomic mass is 19.4. The van der Waals surface area contributed by atoms with E-state index >= 15 is 0 Å². The predicted octanol–water partition coefficient (Wildman–Crippen LogP) is 3.88. The smallest absolute Gasteiger partial charge is 0.406 e. The number of alkyl halides is 3. The van der Waals surface area contributed by atoms with Crippen molar-refractivity contribution in [1.29, 1.82) is 0 Å². The van der Waals surface area contributed by atoms with Crippen molar-refractivity contribution in [1.82, 2.24) is 5.32 Å². The van der Waals surface area contributed by atoms with Crippen LogP contribution in [0.2, 0.25) is 0 Å². The Morgan fingerprint density at radius 1 is 1.08 bits per heavy atom. The van der Waals surface area contributed by atoms with Crippen LogP contribution in [0.3, 0.4) is 0 Å².